The van der Waals surface area contributed by atoms with Gasteiger partial charge in [-0.25, -0.2) is 8.42 Å². The minimum absolute atomic E-state index is 0.103. The number of carbonyl (C=O) groups is 1. The molecule has 0 radical (unpaired) electrons. The highest BCUT2D eigenvalue weighted by Gasteiger charge is 2.51. The van der Waals surface area contributed by atoms with Crippen molar-refractivity contribution in [2.75, 3.05) is 26.2 Å². The van der Waals surface area contributed by atoms with Crippen molar-refractivity contribution in [3.63, 3.8) is 0 Å². The fourth-order valence-electron chi connectivity index (χ4n) is 4.03. The number of sulfonamides is 1. The molecule has 2 aliphatic rings. The molecule has 2 heterocycles. The van der Waals surface area contributed by atoms with Gasteiger partial charge in [-0.15, -0.1) is 0 Å². The van der Waals surface area contributed by atoms with Crippen LogP contribution in [0, 0.1) is 6.92 Å². The fraction of sp³-hybridized carbons (Fsp3) is 0.381. The number of benzene rings is 2. The normalized spacial score (nSPS) is 19.6. The third-order valence-electron chi connectivity index (χ3n) is 5.63. The predicted molar refractivity (Wildman–Crippen MR) is 110 cm³/mol. The average Bonchev–Trinajstić information content (AvgIpc) is 3.12. The Hall–Kier alpha value is -1.93. The van der Waals surface area contributed by atoms with E-state index in [2.05, 4.69) is 0 Å². The van der Waals surface area contributed by atoms with Gasteiger partial charge in [0.2, 0.25) is 10.0 Å². The first-order valence-electron chi connectivity index (χ1n) is 9.60. The lowest BCUT2D eigenvalue weighted by molar-refractivity contribution is -0.0857. The Morgan fingerprint density at radius 2 is 1.76 bits per heavy atom. The molecule has 2 fully saturated rings. The first kappa shape index (κ1) is 20.3. The van der Waals surface area contributed by atoms with Gasteiger partial charge in [-0.3, -0.25) is 4.79 Å². The average molecular weight is 435 g/mol. The maximum Gasteiger partial charge on any atom is 0.253 e. The van der Waals surface area contributed by atoms with Crippen LogP contribution in [-0.2, 0) is 14.8 Å². The van der Waals surface area contributed by atoms with Crippen LogP contribution in [0.15, 0.2) is 53.4 Å². The van der Waals surface area contributed by atoms with E-state index in [9.17, 15) is 13.2 Å². The minimum Gasteiger partial charge on any atom is -0.358 e. The lowest BCUT2D eigenvalue weighted by Gasteiger charge is -2.42. The molecule has 29 heavy (non-hydrogen) atoms. The molecule has 2 saturated heterocycles. The lowest BCUT2D eigenvalue weighted by Crippen LogP contribution is -2.55. The second-order valence-corrected chi connectivity index (χ2v) is 9.79. The van der Waals surface area contributed by atoms with Gasteiger partial charge in [0.1, 0.15) is 5.72 Å². The van der Waals surface area contributed by atoms with E-state index in [0.29, 0.717) is 49.7 Å². The SMILES string of the molecule is Cc1ccc(S(=O)(=O)N2CCOC23CCN(C(=O)c2cccc(Cl)c2)CC3)cc1. The van der Waals surface area contributed by atoms with Crippen molar-refractivity contribution >= 4 is 27.5 Å². The van der Waals surface area contributed by atoms with Gasteiger partial charge in [-0.2, -0.15) is 4.31 Å². The Morgan fingerprint density at radius 1 is 1.07 bits per heavy atom. The lowest BCUT2D eigenvalue weighted by atomic mass is 10.00. The number of hydrogen-bond acceptors (Lipinski definition) is 4. The van der Waals surface area contributed by atoms with Gasteiger partial charge < -0.3 is 9.64 Å². The van der Waals surface area contributed by atoms with Crippen LogP contribution in [0.4, 0.5) is 0 Å². The summed E-state index contributed by atoms with van der Waals surface area (Å²) in [5.41, 5.74) is 0.642. The Bertz CT molecular complexity index is 1020. The van der Waals surface area contributed by atoms with Gasteiger partial charge >= 0.3 is 0 Å². The standard InChI is InChI=1S/C21H23ClN2O4S/c1-16-5-7-19(8-6-16)29(26,27)24-13-14-28-21(24)9-11-23(12-10-21)20(25)17-3-2-4-18(22)15-17/h2-8,15H,9-14H2,1H3. The zero-order valence-corrected chi connectivity index (χ0v) is 17.7. The molecule has 0 unspecified atom stereocenters. The second kappa shape index (κ2) is 7.72. The Kier molecular flexibility index (Phi) is 5.42. The summed E-state index contributed by atoms with van der Waals surface area (Å²) < 4.78 is 33.9. The highest BCUT2D eigenvalue weighted by molar-refractivity contribution is 7.89. The molecule has 2 aliphatic heterocycles. The van der Waals surface area contributed by atoms with Crippen LogP contribution in [-0.4, -0.2) is 55.5 Å². The molecule has 0 aromatic heterocycles. The van der Waals surface area contributed by atoms with E-state index in [1.165, 1.54) is 4.31 Å². The molecule has 154 valence electrons. The molecule has 0 N–H and O–H groups in total. The van der Waals surface area contributed by atoms with Gasteiger partial charge in [0.25, 0.3) is 5.91 Å². The summed E-state index contributed by atoms with van der Waals surface area (Å²) >= 11 is 6.00. The molecule has 0 bridgehead atoms. The summed E-state index contributed by atoms with van der Waals surface area (Å²) in [6.45, 7) is 3.44. The Labute approximate surface area is 176 Å². The van der Waals surface area contributed by atoms with E-state index < -0.39 is 15.7 Å². The number of halogens is 1. The molecule has 1 amide bonds. The van der Waals surface area contributed by atoms with Crippen LogP contribution in [0.5, 0.6) is 0 Å². The number of ether oxygens (including phenoxy) is 1. The highest BCUT2D eigenvalue weighted by Crippen LogP contribution is 2.38. The van der Waals surface area contributed by atoms with Crippen LogP contribution in [0.1, 0.15) is 28.8 Å². The van der Waals surface area contributed by atoms with Crippen molar-refractivity contribution in [3.8, 4) is 0 Å². The maximum atomic E-state index is 13.2. The van der Waals surface area contributed by atoms with Crippen molar-refractivity contribution in [1.29, 1.82) is 0 Å². The highest BCUT2D eigenvalue weighted by atomic mass is 35.5. The van der Waals surface area contributed by atoms with Crippen LogP contribution in [0.25, 0.3) is 0 Å². The molecule has 6 nitrogen and oxygen atoms in total. The smallest absolute Gasteiger partial charge is 0.253 e. The molecule has 2 aromatic carbocycles. The summed E-state index contributed by atoms with van der Waals surface area (Å²) in [5, 5.41) is 0.513. The van der Waals surface area contributed by atoms with Gasteiger partial charge in [0.15, 0.2) is 0 Å². The van der Waals surface area contributed by atoms with E-state index in [1.807, 2.05) is 6.92 Å². The summed E-state index contributed by atoms with van der Waals surface area (Å²) in [6, 6.07) is 13.7. The predicted octanol–water partition coefficient (Wildman–Crippen LogP) is 3.30. The topological polar surface area (TPSA) is 66.9 Å². The van der Waals surface area contributed by atoms with Crippen LogP contribution in [0.3, 0.4) is 0 Å². The third-order valence-corrected chi connectivity index (χ3v) is 7.83. The third kappa shape index (κ3) is 3.80. The molecular weight excluding hydrogens is 412 g/mol. The fourth-order valence-corrected chi connectivity index (χ4v) is 5.94. The minimum atomic E-state index is -3.67. The van der Waals surface area contributed by atoms with Gasteiger partial charge in [-0.1, -0.05) is 35.4 Å². The summed E-state index contributed by atoms with van der Waals surface area (Å²) in [5.74, 6) is -0.103. The van der Waals surface area contributed by atoms with Crippen molar-refractivity contribution in [2.45, 2.75) is 30.4 Å². The first-order valence-corrected chi connectivity index (χ1v) is 11.4. The van der Waals surface area contributed by atoms with Gasteiger partial charge in [0, 0.05) is 43.1 Å². The van der Waals surface area contributed by atoms with E-state index in [4.69, 9.17) is 16.3 Å². The van der Waals surface area contributed by atoms with E-state index in [-0.39, 0.29) is 10.8 Å². The van der Waals surface area contributed by atoms with Crippen molar-refractivity contribution in [1.82, 2.24) is 9.21 Å². The quantitative estimate of drug-likeness (QED) is 0.743. The maximum absolute atomic E-state index is 13.2. The number of aryl methyl sites for hydroxylation is 1. The molecule has 0 saturated carbocycles. The summed E-state index contributed by atoms with van der Waals surface area (Å²) in [6.07, 6.45) is 0.870. The van der Waals surface area contributed by atoms with E-state index in [1.54, 1.807) is 53.4 Å². The van der Waals surface area contributed by atoms with Crippen molar-refractivity contribution < 1.29 is 17.9 Å². The van der Waals surface area contributed by atoms with Gasteiger partial charge in [0.05, 0.1) is 11.5 Å². The number of nitrogens with zero attached hydrogens (tertiary/aromatic N) is 2. The Morgan fingerprint density at radius 3 is 2.41 bits per heavy atom. The molecule has 0 atom stereocenters. The number of rotatable bonds is 3. The molecular formula is C21H23ClN2O4S. The molecule has 1 spiro atoms. The Balaban J connectivity index is 1.52. The van der Waals surface area contributed by atoms with Crippen molar-refractivity contribution in [3.05, 3.63) is 64.7 Å². The molecule has 8 heteroatoms. The summed E-state index contributed by atoms with van der Waals surface area (Å²) in [7, 11) is -3.67. The number of hydrogen-bond donors (Lipinski definition) is 0. The zero-order chi connectivity index (χ0) is 20.6. The largest absolute Gasteiger partial charge is 0.358 e. The molecule has 2 aromatic rings. The molecule has 4 rings (SSSR count). The number of amides is 1. The van der Waals surface area contributed by atoms with Gasteiger partial charge in [-0.05, 0) is 37.3 Å². The molecule has 0 aliphatic carbocycles. The van der Waals surface area contributed by atoms with Crippen LogP contribution < -0.4 is 0 Å². The van der Waals surface area contributed by atoms with Crippen LogP contribution in [0.2, 0.25) is 5.02 Å². The van der Waals surface area contributed by atoms with Crippen LogP contribution >= 0.6 is 11.6 Å². The second-order valence-electron chi connectivity index (χ2n) is 7.49. The zero-order valence-electron chi connectivity index (χ0n) is 16.2. The number of likely N-dealkylation sites (tertiary alicyclic amines) is 1. The number of carbonyl (C=O) groups excluding carboxylic acids is 1. The number of piperidine rings is 1. The first-order chi connectivity index (χ1) is 13.8. The monoisotopic (exact) mass is 434 g/mol. The van der Waals surface area contributed by atoms with E-state index >= 15 is 0 Å². The van der Waals surface area contributed by atoms with E-state index in [0.717, 1.165) is 5.56 Å². The summed E-state index contributed by atoms with van der Waals surface area (Å²) in [4.78, 5) is 14.8. The van der Waals surface area contributed by atoms with Crippen molar-refractivity contribution in [2.24, 2.45) is 0 Å².